The van der Waals surface area contributed by atoms with Crippen molar-refractivity contribution in [1.82, 2.24) is 4.31 Å². The van der Waals surface area contributed by atoms with E-state index in [9.17, 15) is 8.42 Å². The molecule has 0 amide bonds. The fourth-order valence-corrected chi connectivity index (χ4v) is 6.42. The van der Waals surface area contributed by atoms with Crippen LogP contribution in [0.25, 0.3) is 0 Å². The second-order valence-corrected chi connectivity index (χ2v) is 8.90. The van der Waals surface area contributed by atoms with E-state index in [4.69, 9.17) is 9.47 Å². The summed E-state index contributed by atoms with van der Waals surface area (Å²) in [5, 5.41) is 0. The van der Waals surface area contributed by atoms with Gasteiger partial charge >= 0.3 is 0 Å². The van der Waals surface area contributed by atoms with Gasteiger partial charge in [0, 0.05) is 5.92 Å². The monoisotopic (exact) mass is 337 g/mol. The van der Waals surface area contributed by atoms with E-state index in [1.807, 2.05) is 19.1 Å². The van der Waals surface area contributed by atoms with E-state index in [1.165, 1.54) is 0 Å². The van der Waals surface area contributed by atoms with E-state index in [2.05, 4.69) is 6.92 Å². The Morgan fingerprint density at radius 2 is 1.83 bits per heavy atom. The highest BCUT2D eigenvalue weighted by Gasteiger charge is 2.70. The smallest absolute Gasteiger partial charge is 0.243 e. The number of hydrogen-bond acceptors (Lipinski definition) is 4. The highest BCUT2D eigenvalue weighted by molar-refractivity contribution is 7.89. The van der Waals surface area contributed by atoms with E-state index >= 15 is 0 Å². The molecule has 23 heavy (non-hydrogen) atoms. The zero-order valence-corrected chi connectivity index (χ0v) is 14.4. The number of rotatable bonds is 3. The normalized spacial score (nSPS) is 37.6. The van der Waals surface area contributed by atoms with E-state index in [1.54, 1.807) is 16.4 Å². The second kappa shape index (κ2) is 5.28. The first-order chi connectivity index (χ1) is 10.9. The highest BCUT2D eigenvalue weighted by Crippen LogP contribution is 2.57. The van der Waals surface area contributed by atoms with Gasteiger partial charge in [0.15, 0.2) is 6.29 Å². The van der Waals surface area contributed by atoms with Crippen molar-refractivity contribution in [2.24, 2.45) is 5.92 Å². The summed E-state index contributed by atoms with van der Waals surface area (Å²) in [5.74, 6) is 0.136. The maximum atomic E-state index is 13.1. The Bertz CT molecular complexity index is 696. The molecule has 5 nitrogen and oxygen atoms in total. The standard InChI is InChI=1S/C17H23NO4S/c1-12-5-7-13(8-6-12)23(19,20)18-15-14(16-21-10-11-22-16)4-3-9-17(15,18)2/h5-8,14-16H,3-4,9-11H2,1-2H3. The molecule has 3 aliphatic rings. The first-order valence-corrected chi connectivity index (χ1v) is 9.73. The first kappa shape index (κ1) is 15.6. The van der Waals surface area contributed by atoms with Gasteiger partial charge in [-0.05, 0) is 38.8 Å². The number of hydrogen-bond donors (Lipinski definition) is 0. The molecular formula is C17H23NO4S. The van der Waals surface area contributed by atoms with Crippen molar-refractivity contribution in [1.29, 1.82) is 0 Å². The van der Waals surface area contributed by atoms with Gasteiger partial charge in [-0.1, -0.05) is 24.1 Å². The molecule has 3 fully saturated rings. The summed E-state index contributed by atoms with van der Waals surface area (Å²) in [6.07, 6.45) is 2.63. The molecule has 0 radical (unpaired) electrons. The summed E-state index contributed by atoms with van der Waals surface area (Å²) in [6.45, 7) is 5.23. The molecule has 2 aliphatic heterocycles. The predicted octanol–water partition coefficient (Wildman–Crippen LogP) is 2.30. The summed E-state index contributed by atoms with van der Waals surface area (Å²) in [4.78, 5) is 0.380. The molecule has 2 heterocycles. The lowest BCUT2D eigenvalue weighted by Crippen LogP contribution is -2.33. The van der Waals surface area contributed by atoms with Gasteiger partial charge in [-0.25, -0.2) is 8.42 Å². The van der Waals surface area contributed by atoms with Crippen LogP contribution in [0.3, 0.4) is 0 Å². The van der Waals surface area contributed by atoms with Gasteiger partial charge in [-0.2, -0.15) is 4.31 Å². The molecule has 1 aliphatic carbocycles. The maximum absolute atomic E-state index is 13.1. The van der Waals surface area contributed by atoms with Gasteiger partial charge in [0.2, 0.25) is 10.0 Å². The molecular weight excluding hydrogens is 314 g/mol. The second-order valence-electron chi connectivity index (χ2n) is 7.08. The summed E-state index contributed by atoms with van der Waals surface area (Å²) >= 11 is 0. The Morgan fingerprint density at radius 1 is 1.17 bits per heavy atom. The fraction of sp³-hybridized carbons (Fsp3) is 0.647. The molecule has 4 unspecified atom stereocenters. The van der Waals surface area contributed by atoms with Crippen molar-refractivity contribution >= 4 is 10.0 Å². The van der Waals surface area contributed by atoms with Crippen LogP contribution in [0, 0.1) is 12.8 Å². The topological polar surface area (TPSA) is 55.6 Å². The van der Waals surface area contributed by atoms with Gasteiger partial charge in [-0.15, -0.1) is 0 Å². The van der Waals surface area contributed by atoms with Gasteiger partial charge in [-0.3, -0.25) is 0 Å². The molecule has 1 aromatic rings. The van der Waals surface area contributed by atoms with Crippen molar-refractivity contribution in [3.63, 3.8) is 0 Å². The fourth-order valence-electron chi connectivity index (χ4n) is 4.33. The summed E-state index contributed by atoms with van der Waals surface area (Å²) in [5.41, 5.74) is 0.770. The minimum atomic E-state index is -3.46. The Hall–Kier alpha value is -0.950. The third kappa shape index (κ3) is 2.35. The lowest BCUT2D eigenvalue weighted by Gasteiger charge is -2.26. The molecule has 0 N–H and O–H groups in total. The maximum Gasteiger partial charge on any atom is 0.243 e. The van der Waals surface area contributed by atoms with Crippen molar-refractivity contribution in [2.45, 2.75) is 55.9 Å². The van der Waals surface area contributed by atoms with Crippen LogP contribution >= 0.6 is 0 Å². The SMILES string of the molecule is Cc1ccc(S(=O)(=O)N2C3C(C4OCCO4)CCCC32C)cc1. The largest absolute Gasteiger partial charge is 0.350 e. The van der Waals surface area contributed by atoms with Crippen LogP contribution in [0.1, 0.15) is 31.7 Å². The molecule has 0 bridgehead atoms. The van der Waals surface area contributed by atoms with Crippen molar-refractivity contribution in [2.75, 3.05) is 13.2 Å². The molecule has 2 saturated heterocycles. The molecule has 126 valence electrons. The Balaban J connectivity index is 1.65. The number of sulfonamides is 1. The Labute approximate surface area is 137 Å². The van der Waals surface area contributed by atoms with Gasteiger partial charge < -0.3 is 9.47 Å². The number of aryl methyl sites for hydroxylation is 1. The Morgan fingerprint density at radius 3 is 2.48 bits per heavy atom. The average molecular weight is 337 g/mol. The van der Waals surface area contributed by atoms with Crippen LogP contribution in [0.2, 0.25) is 0 Å². The molecule has 1 saturated carbocycles. The molecule has 0 aromatic heterocycles. The summed E-state index contributed by atoms with van der Waals surface area (Å²) in [6, 6.07) is 7.10. The zero-order valence-electron chi connectivity index (χ0n) is 13.6. The van der Waals surface area contributed by atoms with E-state index in [-0.39, 0.29) is 23.8 Å². The van der Waals surface area contributed by atoms with Gasteiger partial charge in [0.1, 0.15) is 0 Å². The van der Waals surface area contributed by atoms with Crippen molar-refractivity contribution in [3.8, 4) is 0 Å². The molecule has 4 atom stereocenters. The lowest BCUT2D eigenvalue weighted by molar-refractivity contribution is -0.0909. The minimum Gasteiger partial charge on any atom is -0.350 e. The van der Waals surface area contributed by atoms with Crippen LogP contribution in [0.4, 0.5) is 0 Å². The first-order valence-electron chi connectivity index (χ1n) is 8.29. The zero-order chi connectivity index (χ0) is 16.2. The van der Waals surface area contributed by atoms with Gasteiger partial charge in [0.25, 0.3) is 0 Å². The van der Waals surface area contributed by atoms with Gasteiger partial charge in [0.05, 0.1) is 29.7 Å². The summed E-state index contributed by atoms with van der Waals surface area (Å²) < 4.78 is 39.2. The van der Waals surface area contributed by atoms with E-state index < -0.39 is 10.0 Å². The van der Waals surface area contributed by atoms with Crippen molar-refractivity contribution in [3.05, 3.63) is 29.8 Å². The summed E-state index contributed by atoms with van der Waals surface area (Å²) in [7, 11) is -3.46. The van der Waals surface area contributed by atoms with E-state index in [0.717, 1.165) is 24.8 Å². The number of ether oxygens (including phenoxy) is 2. The van der Waals surface area contributed by atoms with Crippen LogP contribution in [-0.2, 0) is 19.5 Å². The molecule has 6 heteroatoms. The molecule has 4 rings (SSSR count). The highest BCUT2D eigenvalue weighted by atomic mass is 32.2. The van der Waals surface area contributed by atoms with Crippen LogP contribution in [-0.4, -0.2) is 43.8 Å². The van der Waals surface area contributed by atoms with E-state index in [0.29, 0.717) is 18.1 Å². The molecule has 1 aromatic carbocycles. The van der Waals surface area contributed by atoms with Crippen LogP contribution in [0.15, 0.2) is 29.2 Å². The quantitative estimate of drug-likeness (QED) is 0.794. The van der Waals surface area contributed by atoms with Crippen molar-refractivity contribution < 1.29 is 17.9 Å². The third-order valence-corrected chi connectivity index (χ3v) is 7.56. The molecule has 0 spiro atoms. The predicted molar refractivity (Wildman–Crippen MR) is 85.4 cm³/mol. The lowest BCUT2D eigenvalue weighted by atomic mass is 9.82. The average Bonchev–Trinajstić information content (AvgIpc) is 2.90. The number of fused-ring (bicyclic) bond motifs is 1. The number of benzene rings is 1. The Kier molecular flexibility index (Phi) is 3.57. The number of nitrogens with zero attached hydrogens (tertiary/aromatic N) is 1. The minimum absolute atomic E-state index is 0.00865. The van der Waals surface area contributed by atoms with Crippen LogP contribution < -0.4 is 0 Å². The van der Waals surface area contributed by atoms with Crippen LogP contribution in [0.5, 0.6) is 0 Å². The third-order valence-electron chi connectivity index (χ3n) is 5.53.